The van der Waals surface area contributed by atoms with Gasteiger partial charge in [-0.1, -0.05) is 44.9 Å². The highest BCUT2D eigenvalue weighted by atomic mass is 32.2. The quantitative estimate of drug-likeness (QED) is 0.924. The maximum absolute atomic E-state index is 12.1. The molecule has 1 aromatic rings. The molecule has 0 amide bonds. The molecular weight excluding hydrogens is 260 g/mol. The van der Waals surface area contributed by atoms with Crippen molar-refractivity contribution in [1.29, 1.82) is 0 Å². The molecule has 1 N–H and O–H groups in total. The van der Waals surface area contributed by atoms with Gasteiger partial charge in [0.05, 0.1) is 16.2 Å². The molecule has 3 nitrogen and oxygen atoms in total. The normalized spacial score (nSPS) is 26.7. The Hall–Kier alpha value is -0.870. The van der Waals surface area contributed by atoms with Gasteiger partial charge in [0.2, 0.25) is 0 Å². The Kier molecular flexibility index (Phi) is 4.02. The molecule has 0 fully saturated rings. The first-order chi connectivity index (χ1) is 8.89. The molecule has 0 saturated carbocycles. The van der Waals surface area contributed by atoms with Gasteiger partial charge in [-0.25, -0.2) is 8.42 Å². The third-order valence-corrected chi connectivity index (χ3v) is 5.74. The molecule has 0 aromatic heterocycles. The van der Waals surface area contributed by atoms with E-state index in [0.29, 0.717) is 29.2 Å². The first-order valence-corrected chi connectivity index (χ1v) is 8.59. The van der Waals surface area contributed by atoms with E-state index in [-0.39, 0.29) is 5.75 Å². The van der Waals surface area contributed by atoms with Crippen molar-refractivity contribution in [3.63, 3.8) is 0 Å². The van der Waals surface area contributed by atoms with E-state index in [9.17, 15) is 13.5 Å². The van der Waals surface area contributed by atoms with Gasteiger partial charge in [0.1, 0.15) is 0 Å². The fourth-order valence-electron chi connectivity index (χ4n) is 3.05. The van der Waals surface area contributed by atoms with Crippen LogP contribution >= 0.6 is 0 Å². The minimum atomic E-state index is -3.22. The zero-order valence-electron chi connectivity index (χ0n) is 11.6. The molecule has 0 aliphatic carbocycles. The van der Waals surface area contributed by atoms with Gasteiger partial charge in [-0.05, 0) is 24.8 Å². The molecule has 2 unspecified atom stereocenters. The number of benzene rings is 1. The summed E-state index contributed by atoms with van der Waals surface area (Å²) in [5.41, 5.74) is -0.402. The van der Waals surface area contributed by atoms with Gasteiger partial charge < -0.3 is 5.11 Å². The topological polar surface area (TPSA) is 54.4 Å². The smallest absolute Gasteiger partial charge is 0.178 e. The molecule has 0 saturated heterocycles. The summed E-state index contributed by atoms with van der Waals surface area (Å²) in [5, 5.41) is 10.9. The molecule has 106 valence electrons. The number of hydrogen-bond acceptors (Lipinski definition) is 3. The molecule has 1 aromatic carbocycles. The summed E-state index contributed by atoms with van der Waals surface area (Å²) in [4.78, 5) is 0.312. The Labute approximate surface area is 115 Å². The van der Waals surface area contributed by atoms with Gasteiger partial charge in [0.15, 0.2) is 9.84 Å². The van der Waals surface area contributed by atoms with Crippen molar-refractivity contribution in [3.05, 3.63) is 29.8 Å². The second-order valence-corrected chi connectivity index (χ2v) is 7.77. The molecule has 1 heterocycles. The molecule has 1 aliphatic heterocycles. The van der Waals surface area contributed by atoms with Crippen molar-refractivity contribution >= 4 is 9.84 Å². The number of hydrogen-bond donors (Lipinski definition) is 1. The summed E-state index contributed by atoms with van der Waals surface area (Å²) < 4.78 is 24.1. The van der Waals surface area contributed by atoms with Gasteiger partial charge in [-0.3, -0.25) is 0 Å². The van der Waals surface area contributed by atoms with E-state index in [1.807, 2.05) is 0 Å². The maximum Gasteiger partial charge on any atom is 0.178 e. The molecule has 0 bridgehead atoms. The Bertz CT molecular complexity index is 550. The van der Waals surface area contributed by atoms with Crippen LogP contribution in [0.4, 0.5) is 0 Å². The van der Waals surface area contributed by atoms with Crippen LogP contribution in [-0.4, -0.2) is 19.3 Å². The Morgan fingerprint density at radius 1 is 1.37 bits per heavy atom. The van der Waals surface area contributed by atoms with Crippen molar-refractivity contribution in [2.75, 3.05) is 5.75 Å². The second kappa shape index (κ2) is 5.25. The predicted octanol–water partition coefficient (Wildman–Crippen LogP) is 2.88. The van der Waals surface area contributed by atoms with Crippen LogP contribution in [0.3, 0.4) is 0 Å². The van der Waals surface area contributed by atoms with Gasteiger partial charge >= 0.3 is 0 Å². The largest absolute Gasteiger partial charge is 0.385 e. The number of aliphatic hydroxyl groups is 1. The van der Waals surface area contributed by atoms with Crippen LogP contribution in [0.1, 0.15) is 45.1 Å². The van der Waals surface area contributed by atoms with Crippen LogP contribution in [0.25, 0.3) is 0 Å². The molecule has 0 radical (unpaired) electrons. The first-order valence-electron chi connectivity index (χ1n) is 6.94. The van der Waals surface area contributed by atoms with E-state index in [1.54, 1.807) is 24.3 Å². The SMILES string of the molecule is CCCC(C)CC1(O)CCS(=O)(=O)c2ccccc21. The summed E-state index contributed by atoms with van der Waals surface area (Å²) in [7, 11) is -3.22. The fourth-order valence-corrected chi connectivity index (χ4v) is 4.76. The van der Waals surface area contributed by atoms with Crippen molar-refractivity contribution in [1.82, 2.24) is 0 Å². The summed E-state index contributed by atoms with van der Waals surface area (Å²) >= 11 is 0. The van der Waals surface area contributed by atoms with Crippen molar-refractivity contribution < 1.29 is 13.5 Å². The highest BCUT2D eigenvalue weighted by molar-refractivity contribution is 7.91. The average Bonchev–Trinajstić information content (AvgIpc) is 2.36. The highest BCUT2D eigenvalue weighted by Crippen LogP contribution is 2.41. The third-order valence-electron chi connectivity index (χ3n) is 3.98. The fraction of sp³-hybridized carbons (Fsp3) is 0.600. The lowest BCUT2D eigenvalue weighted by Gasteiger charge is -2.36. The van der Waals surface area contributed by atoms with Crippen LogP contribution in [-0.2, 0) is 15.4 Å². The zero-order chi connectivity index (χ0) is 14.1. The van der Waals surface area contributed by atoms with Gasteiger partial charge in [-0.2, -0.15) is 0 Å². The lowest BCUT2D eigenvalue weighted by molar-refractivity contribution is 0.00400. The van der Waals surface area contributed by atoms with E-state index in [0.717, 1.165) is 12.8 Å². The van der Waals surface area contributed by atoms with Crippen LogP contribution in [0.2, 0.25) is 0 Å². The number of sulfone groups is 1. The van der Waals surface area contributed by atoms with Gasteiger partial charge in [-0.15, -0.1) is 0 Å². The molecular formula is C15H22O3S. The standard InChI is InChI=1S/C15H22O3S/c1-3-6-12(2)11-15(16)9-10-19(17,18)14-8-5-4-7-13(14)15/h4-5,7-8,12,16H,3,6,9-11H2,1-2H3. The van der Waals surface area contributed by atoms with E-state index >= 15 is 0 Å². The number of fused-ring (bicyclic) bond motifs is 1. The average molecular weight is 282 g/mol. The lowest BCUT2D eigenvalue weighted by Crippen LogP contribution is -2.36. The van der Waals surface area contributed by atoms with E-state index in [4.69, 9.17) is 0 Å². The third kappa shape index (κ3) is 2.84. The van der Waals surface area contributed by atoms with Gasteiger partial charge in [0.25, 0.3) is 0 Å². The molecule has 1 aliphatic rings. The minimum Gasteiger partial charge on any atom is -0.385 e. The highest BCUT2D eigenvalue weighted by Gasteiger charge is 2.40. The van der Waals surface area contributed by atoms with Crippen molar-refractivity contribution in [2.24, 2.45) is 5.92 Å². The number of rotatable bonds is 4. The van der Waals surface area contributed by atoms with E-state index in [1.165, 1.54) is 0 Å². The summed E-state index contributed by atoms with van der Waals surface area (Å²) in [6.07, 6.45) is 3.07. The van der Waals surface area contributed by atoms with Crippen LogP contribution in [0.15, 0.2) is 29.2 Å². The van der Waals surface area contributed by atoms with Crippen LogP contribution < -0.4 is 0 Å². The van der Waals surface area contributed by atoms with E-state index in [2.05, 4.69) is 13.8 Å². The van der Waals surface area contributed by atoms with Crippen LogP contribution in [0, 0.1) is 5.92 Å². The second-order valence-electron chi connectivity index (χ2n) is 5.69. The molecule has 0 spiro atoms. The van der Waals surface area contributed by atoms with Crippen molar-refractivity contribution in [2.45, 2.75) is 50.0 Å². The molecule has 2 rings (SSSR count). The Morgan fingerprint density at radius 3 is 2.74 bits per heavy atom. The summed E-state index contributed by atoms with van der Waals surface area (Å²) in [6, 6.07) is 6.89. The molecule has 2 atom stereocenters. The van der Waals surface area contributed by atoms with E-state index < -0.39 is 15.4 Å². The predicted molar refractivity (Wildman–Crippen MR) is 75.7 cm³/mol. The molecule has 4 heteroatoms. The zero-order valence-corrected chi connectivity index (χ0v) is 12.4. The lowest BCUT2D eigenvalue weighted by atomic mass is 9.81. The van der Waals surface area contributed by atoms with Gasteiger partial charge in [0, 0.05) is 5.56 Å². The Balaban J connectivity index is 2.39. The first kappa shape index (κ1) is 14.5. The summed E-state index contributed by atoms with van der Waals surface area (Å²) in [6.45, 7) is 4.24. The monoisotopic (exact) mass is 282 g/mol. The van der Waals surface area contributed by atoms with Crippen LogP contribution in [0.5, 0.6) is 0 Å². The maximum atomic E-state index is 12.1. The molecule has 19 heavy (non-hydrogen) atoms. The Morgan fingerprint density at radius 2 is 2.05 bits per heavy atom. The van der Waals surface area contributed by atoms with Crippen molar-refractivity contribution in [3.8, 4) is 0 Å². The minimum absolute atomic E-state index is 0.0410. The summed E-state index contributed by atoms with van der Waals surface area (Å²) in [5.74, 6) is 0.433.